The zero-order chi connectivity index (χ0) is 15.0. The summed E-state index contributed by atoms with van der Waals surface area (Å²) in [5.41, 5.74) is 2.09. The summed E-state index contributed by atoms with van der Waals surface area (Å²) in [7, 11) is 0. The van der Waals surface area contributed by atoms with Crippen LogP contribution in [0.2, 0.25) is 5.15 Å². The molecule has 0 spiro atoms. The van der Waals surface area contributed by atoms with Crippen LogP contribution in [0.3, 0.4) is 0 Å². The molecule has 1 aromatic heterocycles. The van der Waals surface area contributed by atoms with Gasteiger partial charge in [0.1, 0.15) is 11.5 Å². The van der Waals surface area contributed by atoms with Crippen LogP contribution in [0.25, 0.3) is 22.3 Å². The molecule has 6 heteroatoms. The van der Waals surface area contributed by atoms with Crippen LogP contribution in [-0.2, 0) is 0 Å². The number of carbonyl (C=O) groups is 1. The Morgan fingerprint density at radius 2 is 1.76 bits per heavy atom. The molecule has 3 aromatic rings. The Morgan fingerprint density at radius 1 is 1.05 bits per heavy atom. The van der Waals surface area contributed by atoms with Gasteiger partial charge in [-0.05, 0) is 42.5 Å². The van der Waals surface area contributed by atoms with E-state index in [1.54, 1.807) is 18.2 Å². The maximum atomic E-state index is 13.0. The molecule has 1 N–H and O–H groups in total. The van der Waals surface area contributed by atoms with E-state index in [4.69, 9.17) is 16.7 Å². The number of carboxylic acids is 1. The van der Waals surface area contributed by atoms with Crippen molar-refractivity contribution >= 4 is 28.6 Å². The Bertz CT molecular complexity index is 850. The van der Waals surface area contributed by atoms with E-state index in [0.717, 1.165) is 0 Å². The molecule has 0 aliphatic carbocycles. The highest BCUT2D eigenvalue weighted by Crippen LogP contribution is 2.27. The Hall–Kier alpha value is -2.53. The van der Waals surface area contributed by atoms with Crippen LogP contribution in [0.15, 0.2) is 42.5 Å². The molecule has 0 saturated carbocycles. The second-order valence-corrected chi connectivity index (χ2v) is 4.74. The van der Waals surface area contributed by atoms with Gasteiger partial charge in [0.25, 0.3) is 0 Å². The van der Waals surface area contributed by atoms with Crippen molar-refractivity contribution in [2.45, 2.75) is 0 Å². The maximum absolute atomic E-state index is 13.0. The van der Waals surface area contributed by atoms with Gasteiger partial charge >= 0.3 is 5.97 Å². The van der Waals surface area contributed by atoms with Crippen molar-refractivity contribution in [1.82, 2.24) is 9.97 Å². The van der Waals surface area contributed by atoms with Crippen molar-refractivity contribution in [3.63, 3.8) is 0 Å². The molecular formula is C15H8ClFN2O2. The second-order valence-electron chi connectivity index (χ2n) is 4.38. The van der Waals surface area contributed by atoms with Crippen molar-refractivity contribution in [2.75, 3.05) is 0 Å². The van der Waals surface area contributed by atoms with Crippen LogP contribution >= 0.6 is 11.6 Å². The van der Waals surface area contributed by atoms with Gasteiger partial charge in [-0.2, -0.15) is 0 Å². The summed E-state index contributed by atoms with van der Waals surface area (Å²) in [6.45, 7) is 0. The quantitative estimate of drug-likeness (QED) is 0.782. The van der Waals surface area contributed by atoms with Crippen molar-refractivity contribution < 1.29 is 14.3 Å². The predicted octanol–water partition coefficient (Wildman–Crippen LogP) is 3.79. The summed E-state index contributed by atoms with van der Waals surface area (Å²) >= 11 is 6.09. The van der Waals surface area contributed by atoms with Gasteiger partial charge in [0, 0.05) is 5.56 Å². The van der Waals surface area contributed by atoms with Crippen LogP contribution in [0.4, 0.5) is 4.39 Å². The van der Waals surface area contributed by atoms with E-state index in [1.165, 1.54) is 24.3 Å². The summed E-state index contributed by atoms with van der Waals surface area (Å²) in [4.78, 5) is 19.5. The van der Waals surface area contributed by atoms with E-state index in [1.807, 2.05) is 0 Å². The fraction of sp³-hybridized carbons (Fsp3) is 0. The van der Waals surface area contributed by atoms with E-state index in [0.29, 0.717) is 22.3 Å². The first-order valence-corrected chi connectivity index (χ1v) is 6.39. The third-order valence-corrected chi connectivity index (χ3v) is 3.25. The van der Waals surface area contributed by atoms with Gasteiger partial charge in [-0.1, -0.05) is 11.6 Å². The molecule has 0 saturated heterocycles. The standard InChI is InChI=1S/C15H8ClFN2O2/c16-14-13(8-1-4-10(17)5-2-8)18-11-6-3-9(15(20)21)7-12(11)19-14/h1-7H,(H,20,21). The zero-order valence-corrected chi connectivity index (χ0v) is 11.3. The highest BCUT2D eigenvalue weighted by molar-refractivity contribution is 6.32. The topological polar surface area (TPSA) is 63.1 Å². The van der Waals surface area contributed by atoms with Crippen molar-refractivity contribution in [3.05, 3.63) is 59.0 Å². The molecule has 0 radical (unpaired) electrons. The monoisotopic (exact) mass is 302 g/mol. The average molecular weight is 303 g/mol. The molecule has 0 atom stereocenters. The molecule has 0 fully saturated rings. The van der Waals surface area contributed by atoms with E-state index >= 15 is 0 Å². The van der Waals surface area contributed by atoms with Crippen LogP contribution in [0, 0.1) is 5.82 Å². The maximum Gasteiger partial charge on any atom is 0.335 e. The molecule has 2 aromatic carbocycles. The first-order chi connectivity index (χ1) is 10.0. The summed E-state index contributed by atoms with van der Waals surface area (Å²) in [5.74, 6) is -1.40. The first kappa shape index (κ1) is 13.5. The molecule has 3 rings (SSSR count). The van der Waals surface area contributed by atoms with Crippen LogP contribution in [0.1, 0.15) is 10.4 Å². The summed E-state index contributed by atoms with van der Waals surface area (Å²) in [6, 6.07) is 10.2. The fourth-order valence-corrected chi connectivity index (χ4v) is 2.20. The molecule has 0 amide bonds. The minimum atomic E-state index is -1.04. The number of carboxylic acid groups (broad SMARTS) is 1. The number of aromatic nitrogens is 2. The highest BCUT2D eigenvalue weighted by atomic mass is 35.5. The largest absolute Gasteiger partial charge is 0.478 e. The molecule has 0 unspecified atom stereocenters. The van der Waals surface area contributed by atoms with Crippen LogP contribution in [0.5, 0.6) is 0 Å². The minimum absolute atomic E-state index is 0.113. The third-order valence-electron chi connectivity index (χ3n) is 2.99. The minimum Gasteiger partial charge on any atom is -0.478 e. The number of hydrogen-bond acceptors (Lipinski definition) is 3. The lowest BCUT2D eigenvalue weighted by Gasteiger charge is -2.06. The van der Waals surface area contributed by atoms with Crippen molar-refractivity contribution in [1.29, 1.82) is 0 Å². The van der Waals surface area contributed by atoms with Gasteiger partial charge in [0.2, 0.25) is 0 Å². The van der Waals surface area contributed by atoms with Crippen LogP contribution < -0.4 is 0 Å². The highest BCUT2D eigenvalue weighted by Gasteiger charge is 2.11. The van der Waals surface area contributed by atoms with Gasteiger partial charge in [-0.25, -0.2) is 19.2 Å². The van der Waals surface area contributed by atoms with Gasteiger partial charge < -0.3 is 5.11 Å². The average Bonchev–Trinajstić information content (AvgIpc) is 2.47. The molecule has 104 valence electrons. The number of hydrogen-bond donors (Lipinski definition) is 1. The Labute approximate surface area is 123 Å². The second kappa shape index (κ2) is 5.10. The molecule has 0 bridgehead atoms. The lowest BCUT2D eigenvalue weighted by Crippen LogP contribution is -1.98. The molecule has 0 aliphatic rings. The van der Waals surface area contributed by atoms with E-state index in [2.05, 4.69) is 9.97 Å². The van der Waals surface area contributed by atoms with E-state index in [9.17, 15) is 9.18 Å². The molecular weight excluding hydrogens is 295 g/mol. The van der Waals surface area contributed by atoms with Gasteiger partial charge in [-0.3, -0.25) is 0 Å². The lowest BCUT2D eigenvalue weighted by molar-refractivity contribution is 0.0697. The number of benzene rings is 2. The Morgan fingerprint density at radius 3 is 2.43 bits per heavy atom. The van der Waals surface area contributed by atoms with Crippen molar-refractivity contribution in [3.8, 4) is 11.3 Å². The number of halogens is 2. The third kappa shape index (κ3) is 2.55. The SMILES string of the molecule is O=C(O)c1ccc2nc(-c3ccc(F)cc3)c(Cl)nc2c1. The molecule has 4 nitrogen and oxygen atoms in total. The predicted molar refractivity (Wildman–Crippen MR) is 76.9 cm³/mol. The van der Waals surface area contributed by atoms with Crippen LogP contribution in [-0.4, -0.2) is 21.0 Å². The fourth-order valence-electron chi connectivity index (χ4n) is 1.96. The van der Waals surface area contributed by atoms with E-state index < -0.39 is 5.97 Å². The summed E-state index contributed by atoms with van der Waals surface area (Å²) in [6.07, 6.45) is 0. The molecule has 0 aliphatic heterocycles. The number of fused-ring (bicyclic) bond motifs is 1. The molecule has 21 heavy (non-hydrogen) atoms. The Balaban J connectivity index is 2.17. The normalized spacial score (nSPS) is 10.8. The zero-order valence-electron chi connectivity index (χ0n) is 10.5. The van der Waals surface area contributed by atoms with Gasteiger partial charge in [0.05, 0.1) is 16.6 Å². The summed E-state index contributed by atoms with van der Waals surface area (Å²) < 4.78 is 13.0. The van der Waals surface area contributed by atoms with E-state index in [-0.39, 0.29) is 16.5 Å². The Kier molecular flexibility index (Phi) is 3.27. The smallest absolute Gasteiger partial charge is 0.335 e. The summed E-state index contributed by atoms with van der Waals surface area (Å²) in [5, 5.41) is 9.09. The number of nitrogens with zero attached hydrogens (tertiary/aromatic N) is 2. The lowest BCUT2D eigenvalue weighted by atomic mass is 10.1. The number of aromatic carboxylic acids is 1. The molecule has 1 heterocycles. The van der Waals surface area contributed by atoms with Gasteiger partial charge in [0.15, 0.2) is 5.15 Å². The number of rotatable bonds is 2. The first-order valence-electron chi connectivity index (χ1n) is 6.01. The van der Waals surface area contributed by atoms with Gasteiger partial charge in [-0.15, -0.1) is 0 Å². The van der Waals surface area contributed by atoms with Crippen molar-refractivity contribution in [2.24, 2.45) is 0 Å².